The zero-order valence-electron chi connectivity index (χ0n) is 18.0. The summed E-state index contributed by atoms with van der Waals surface area (Å²) in [5.74, 6) is -1.81. The Kier molecular flexibility index (Phi) is 6.28. The molecule has 0 aromatic heterocycles. The fourth-order valence-corrected chi connectivity index (χ4v) is 4.72. The van der Waals surface area contributed by atoms with E-state index in [1.165, 1.54) is 16.7 Å². The Morgan fingerprint density at radius 1 is 1.21 bits per heavy atom. The predicted molar refractivity (Wildman–Crippen MR) is 96.1 cm³/mol. The van der Waals surface area contributed by atoms with Crippen LogP contribution in [0.25, 0.3) is 0 Å². The van der Waals surface area contributed by atoms with E-state index in [1.54, 1.807) is 4.90 Å². The summed E-state index contributed by atoms with van der Waals surface area (Å²) in [6, 6.07) is -0.856. The Bertz CT molecular complexity index is 785. The maximum atomic E-state index is 12.6. The molecule has 3 fully saturated rings. The Labute approximate surface area is 192 Å². The van der Waals surface area contributed by atoms with Gasteiger partial charge in [-0.2, -0.15) is 0 Å². The molecule has 0 aromatic carbocycles. The first kappa shape index (κ1) is 22.1. The average molecular weight is 416 g/mol. The van der Waals surface area contributed by atoms with Crippen molar-refractivity contribution in [2.45, 2.75) is 25.4 Å². The van der Waals surface area contributed by atoms with Crippen molar-refractivity contribution >= 4 is 23.9 Å². The van der Waals surface area contributed by atoms with E-state index in [0.717, 1.165) is 13.1 Å². The number of ether oxygens (including phenoxy) is 1. The van der Waals surface area contributed by atoms with Gasteiger partial charge in [-0.15, -0.1) is 0 Å². The SMILES string of the molecule is CC(=O)N1C[C@H]2CC(COC(=O)N3CCN(C)CC3)=C(C(=O)O)N3C(=O)[C@@H]1[C@@H]23.[H-].[Na+]. The third-order valence-corrected chi connectivity index (χ3v) is 6.18. The van der Waals surface area contributed by atoms with Gasteiger partial charge in [0.05, 0.1) is 6.04 Å². The van der Waals surface area contributed by atoms with Gasteiger partial charge in [-0.25, -0.2) is 9.59 Å². The molecule has 3 amide bonds. The second-order valence-corrected chi connectivity index (χ2v) is 7.88. The number of likely N-dealkylation sites (tertiary alicyclic amines) is 1. The van der Waals surface area contributed by atoms with Crippen LogP contribution < -0.4 is 29.6 Å². The number of nitrogens with zero attached hydrogens (tertiary/aromatic N) is 4. The van der Waals surface area contributed by atoms with Gasteiger partial charge in [0.1, 0.15) is 18.3 Å². The van der Waals surface area contributed by atoms with Crippen LogP contribution in [0.5, 0.6) is 0 Å². The molecule has 0 saturated carbocycles. The number of likely N-dealkylation sites (N-methyl/N-ethyl adjacent to an activating group) is 1. The largest absolute Gasteiger partial charge is 1.00 e. The molecule has 4 heterocycles. The van der Waals surface area contributed by atoms with E-state index >= 15 is 0 Å². The van der Waals surface area contributed by atoms with Crippen molar-refractivity contribution in [3.8, 4) is 0 Å². The van der Waals surface area contributed by atoms with Gasteiger partial charge >= 0.3 is 41.6 Å². The number of amides is 3. The summed E-state index contributed by atoms with van der Waals surface area (Å²) < 4.78 is 5.39. The Balaban J connectivity index is 0.00000160. The number of carbonyl (C=O) groups excluding carboxylic acids is 3. The van der Waals surface area contributed by atoms with Gasteiger partial charge in [0.2, 0.25) is 5.91 Å². The van der Waals surface area contributed by atoms with Crippen LogP contribution >= 0.6 is 0 Å². The first-order valence-electron chi connectivity index (χ1n) is 9.45. The van der Waals surface area contributed by atoms with Gasteiger partial charge in [0, 0.05) is 45.6 Å². The van der Waals surface area contributed by atoms with E-state index in [9.17, 15) is 24.3 Å². The van der Waals surface area contributed by atoms with E-state index in [2.05, 4.69) is 4.90 Å². The molecule has 0 bridgehead atoms. The summed E-state index contributed by atoms with van der Waals surface area (Å²) in [6.45, 7) is 4.30. The van der Waals surface area contributed by atoms with Gasteiger partial charge in [-0.3, -0.25) is 14.5 Å². The van der Waals surface area contributed by atoms with E-state index in [0.29, 0.717) is 31.6 Å². The van der Waals surface area contributed by atoms with Crippen LogP contribution in [-0.4, -0.2) is 107 Å². The number of carbonyl (C=O) groups is 4. The standard InChI is InChI=1S/C18H24N4O6.Na.H/c1-10(23)21-8-11-7-12(9-28-18(27)20-5-3-19(2)4-6-20)14(17(25)26)22-13(11)15(21)16(22)24;;/h11,13,15H,3-9H2,1-2H3,(H,25,26);;/q;+1;-1/t11-,13-,15+;;/m1../s1. The third-order valence-electron chi connectivity index (χ3n) is 6.18. The molecule has 3 saturated heterocycles. The number of carboxylic acid groups (broad SMARTS) is 1. The molecule has 1 N–H and O–H groups in total. The average Bonchev–Trinajstić information content (AvgIpc) is 3.02. The summed E-state index contributed by atoms with van der Waals surface area (Å²) in [5.41, 5.74) is 0.326. The van der Waals surface area contributed by atoms with Crippen molar-refractivity contribution in [1.29, 1.82) is 0 Å². The van der Waals surface area contributed by atoms with Crippen molar-refractivity contribution in [1.82, 2.24) is 19.6 Å². The minimum absolute atomic E-state index is 0. The van der Waals surface area contributed by atoms with Crippen molar-refractivity contribution in [3.05, 3.63) is 11.3 Å². The second-order valence-electron chi connectivity index (χ2n) is 7.88. The van der Waals surface area contributed by atoms with Crippen LogP contribution in [-0.2, 0) is 19.1 Å². The number of β-lactam (4-membered cyclic amide) rings is 1. The zero-order chi connectivity index (χ0) is 20.2. The first-order valence-corrected chi connectivity index (χ1v) is 9.45. The molecular weight excluding hydrogens is 391 g/mol. The molecule has 29 heavy (non-hydrogen) atoms. The topological polar surface area (TPSA) is 111 Å². The molecule has 154 valence electrons. The monoisotopic (exact) mass is 416 g/mol. The Morgan fingerprint density at radius 2 is 1.86 bits per heavy atom. The molecule has 11 heteroatoms. The van der Waals surface area contributed by atoms with Crippen LogP contribution in [0.15, 0.2) is 11.3 Å². The van der Waals surface area contributed by atoms with Crippen molar-refractivity contribution in [2.75, 3.05) is 46.4 Å². The van der Waals surface area contributed by atoms with E-state index in [1.807, 2.05) is 7.05 Å². The molecule has 0 aromatic rings. The number of carboxylic acids is 1. The maximum absolute atomic E-state index is 12.6. The van der Waals surface area contributed by atoms with E-state index in [-0.39, 0.29) is 67.1 Å². The Morgan fingerprint density at radius 3 is 2.45 bits per heavy atom. The van der Waals surface area contributed by atoms with Crippen LogP contribution in [0.1, 0.15) is 14.8 Å². The quantitative estimate of drug-likeness (QED) is 0.372. The van der Waals surface area contributed by atoms with Crippen molar-refractivity contribution in [2.24, 2.45) is 5.92 Å². The summed E-state index contributed by atoms with van der Waals surface area (Å²) in [5, 5.41) is 9.67. The molecule has 0 unspecified atom stereocenters. The van der Waals surface area contributed by atoms with Gasteiger partial charge in [-0.1, -0.05) is 0 Å². The van der Waals surface area contributed by atoms with Crippen LogP contribution in [0.2, 0.25) is 0 Å². The van der Waals surface area contributed by atoms with Gasteiger partial charge in [0.25, 0.3) is 5.91 Å². The minimum atomic E-state index is -1.21. The van der Waals surface area contributed by atoms with E-state index in [4.69, 9.17) is 4.74 Å². The maximum Gasteiger partial charge on any atom is 1.00 e. The third kappa shape index (κ3) is 3.67. The summed E-state index contributed by atoms with van der Waals surface area (Å²) in [4.78, 5) is 55.1. The summed E-state index contributed by atoms with van der Waals surface area (Å²) >= 11 is 0. The molecule has 4 aliphatic heterocycles. The van der Waals surface area contributed by atoms with Crippen LogP contribution in [0.4, 0.5) is 4.79 Å². The number of piperazine rings is 1. The molecule has 3 atom stereocenters. The van der Waals surface area contributed by atoms with E-state index < -0.39 is 18.1 Å². The summed E-state index contributed by atoms with van der Waals surface area (Å²) in [6.07, 6.45) is -0.0797. The minimum Gasteiger partial charge on any atom is -1.00 e. The zero-order valence-corrected chi connectivity index (χ0v) is 19.0. The molecule has 4 aliphatic rings. The van der Waals surface area contributed by atoms with Crippen LogP contribution in [0.3, 0.4) is 0 Å². The first-order chi connectivity index (χ1) is 13.3. The number of aliphatic carboxylic acids is 1. The number of rotatable bonds is 3. The van der Waals surface area contributed by atoms with Crippen molar-refractivity contribution in [3.63, 3.8) is 0 Å². The molecule has 0 spiro atoms. The Hall–Kier alpha value is -1.62. The molecular formula is C18H25N4NaO6. The van der Waals surface area contributed by atoms with Crippen molar-refractivity contribution < 1.29 is 60.0 Å². The fraction of sp³-hybridized carbons (Fsp3) is 0.667. The normalized spacial score (nSPS) is 28.6. The van der Waals surface area contributed by atoms with Gasteiger partial charge in [0.15, 0.2) is 0 Å². The smallest absolute Gasteiger partial charge is 1.00 e. The predicted octanol–water partition coefficient (Wildman–Crippen LogP) is -3.71. The van der Waals surface area contributed by atoms with Gasteiger partial charge in [-0.05, 0) is 19.0 Å². The molecule has 0 radical (unpaired) electrons. The molecule has 10 nitrogen and oxygen atoms in total. The molecule has 0 aliphatic carbocycles. The van der Waals surface area contributed by atoms with Gasteiger partial charge < -0.3 is 26.0 Å². The second kappa shape index (κ2) is 8.25. The van der Waals surface area contributed by atoms with Crippen LogP contribution in [0, 0.1) is 5.92 Å². The number of hydrogen-bond donors (Lipinski definition) is 1. The molecule has 4 rings (SSSR count). The number of hydrogen-bond acceptors (Lipinski definition) is 6. The fourth-order valence-electron chi connectivity index (χ4n) is 4.72. The summed E-state index contributed by atoms with van der Waals surface area (Å²) in [7, 11) is 1.98.